The lowest BCUT2D eigenvalue weighted by atomic mass is 9.79. The molecule has 1 aromatic rings. The Kier molecular flexibility index (Phi) is 6.98. The molecule has 1 aliphatic rings. The number of carbonyl (C=O) groups excluding carboxylic acids is 2. The number of nitrogens with zero attached hydrogens (tertiary/aromatic N) is 2. The monoisotopic (exact) mass is 389 g/mol. The van der Waals surface area contributed by atoms with E-state index >= 15 is 0 Å². The van der Waals surface area contributed by atoms with Crippen LogP contribution in [0.15, 0.2) is 29.3 Å². The number of halogens is 1. The first-order chi connectivity index (χ1) is 12.8. The normalized spacial score (nSPS) is 22.7. The number of esters is 1. The van der Waals surface area contributed by atoms with E-state index < -0.39 is 17.4 Å². The van der Waals surface area contributed by atoms with Crippen LogP contribution in [0.1, 0.15) is 51.1 Å². The molecule has 27 heavy (non-hydrogen) atoms. The van der Waals surface area contributed by atoms with Crippen LogP contribution in [-0.2, 0) is 14.3 Å². The van der Waals surface area contributed by atoms with E-state index in [0.717, 1.165) is 17.7 Å². The molecule has 1 saturated carbocycles. The Bertz CT molecular complexity index is 770. The fraction of sp³-hybridized carbons (Fsp3) is 0.500. The molecule has 0 aliphatic heterocycles. The second-order valence-electron chi connectivity index (χ2n) is 6.83. The number of hydrogen-bond donors (Lipinski definition) is 1. The third-order valence-electron chi connectivity index (χ3n) is 4.90. The molecule has 7 heteroatoms. The lowest BCUT2D eigenvalue weighted by Crippen LogP contribution is -2.45. The fourth-order valence-electron chi connectivity index (χ4n) is 3.49. The standard InChI is InChI=1S/C20H24ClN3O3/c1-13(15-6-8-16(21)9-7-15)23-18-5-4-10-20(18,12-22)11-17(19(26)27-3)24-14(2)25/h6-9,13,17H,4-5,10-11H2,1-3H3,(H,24,25)/b23-18+/t13?,17?,20-/m1/s1. The Morgan fingerprint density at radius 2 is 2.07 bits per heavy atom. The molecule has 1 aromatic carbocycles. The van der Waals surface area contributed by atoms with Gasteiger partial charge in [-0.05, 0) is 43.9 Å². The van der Waals surface area contributed by atoms with E-state index in [9.17, 15) is 14.9 Å². The molecule has 0 heterocycles. The SMILES string of the molecule is COC(=O)C(C[C@@]1(C#N)CCC/C1=N\C(C)c1ccc(Cl)cc1)NC(C)=O. The number of methoxy groups -OCH3 is 1. The zero-order valence-corrected chi connectivity index (χ0v) is 16.5. The van der Waals surface area contributed by atoms with Crippen molar-refractivity contribution in [3.05, 3.63) is 34.9 Å². The maximum absolute atomic E-state index is 12.1. The summed E-state index contributed by atoms with van der Waals surface area (Å²) in [5, 5.41) is 13.2. The highest BCUT2D eigenvalue weighted by Gasteiger charge is 2.44. The van der Waals surface area contributed by atoms with E-state index in [1.165, 1.54) is 14.0 Å². The zero-order valence-electron chi connectivity index (χ0n) is 15.8. The van der Waals surface area contributed by atoms with Gasteiger partial charge in [0, 0.05) is 24.1 Å². The van der Waals surface area contributed by atoms with Crippen molar-refractivity contribution in [2.45, 2.75) is 51.6 Å². The number of ether oxygens (including phenoxy) is 1. The molecule has 2 rings (SSSR count). The van der Waals surface area contributed by atoms with Crippen molar-refractivity contribution in [2.24, 2.45) is 10.4 Å². The lowest BCUT2D eigenvalue weighted by molar-refractivity contribution is -0.145. The summed E-state index contributed by atoms with van der Waals surface area (Å²) < 4.78 is 4.79. The smallest absolute Gasteiger partial charge is 0.328 e. The Labute approximate surface area is 164 Å². The van der Waals surface area contributed by atoms with Gasteiger partial charge in [-0.15, -0.1) is 0 Å². The van der Waals surface area contributed by atoms with Crippen LogP contribution in [0.2, 0.25) is 5.02 Å². The summed E-state index contributed by atoms with van der Waals surface area (Å²) >= 11 is 5.94. The first kappa shape index (κ1) is 20.9. The van der Waals surface area contributed by atoms with E-state index in [1.807, 2.05) is 31.2 Å². The summed E-state index contributed by atoms with van der Waals surface area (Å²) in [6, 6.07) is 8.79. The summed E-state index contributed by atoms with van der Waals surface area (Å²) in [6.45, 7) is 3.30. The third-order valence-corrected chi connectivity index (χ3v) is 5.15. The van der Waals surface area contributed by atoms with Crippen LogP contribution in [0, 0.1) is 16.7 Å². The van der Waals surface area contributed by atoms with Gasteiger partial charge in [-0.1, -0.05) is 23.7 Å². The fourth-order valence-corrected chi connectivity index (χ4v) is 3.62. The van der Waals surface area contributed by atoms with Gasteiger partial charge in [-0.3, -0.25) is 9.79 Å². The quantitative estimate of drug-likeness (QED) is 0.752. The number of benzene rings is 1. The number of aliphatic imine (C=N–C) groups is 1. The van der Waals surface area contributed by atoms with Crippen molar-refractivity contribution in [3.8, 4) is 6.07 Å². The Morgan fingerprint density at radius 3 is 2.63 bits per heavy atom. The topological polar surface area (TPSA) is 91.6 Å². The molecule has 1 amide bonds. The van der Waals surface area contributed by atoms with Crippen LogP contribution < -0.4 is 5.32 Å². The molecular formula is C20H24ClN3O3. The molecule has 1 fully saturated rings. The highest BCUT2D eigenvalue weighted by molar-refractivity contribution is 6.30. The van der Waals surface area contributed by atoms with Crippen molar-refractivity contribution in [3.63, 3.8) is 0 Å². The predicted octanol–water partition coefficient (Wildman–Crippen LogP) is 3.60. The van der Waals surface area contributed by atoms with Crippen LogP contribution >= 0.6 is 11.6 Å². The molecule has 0 saturated heterocycles. The average molecular weight is 390 g/mol. The summed E-state index contributed by atoms with van der Waals surface area (Å²) in [5.74, 6) is -0.902. The van der Waals surface area contributed by atoms with Crippen molar-refractivity contribution < 1.29 is 14.3 Å². The molecule has 3 atom stereocenters. The van der Waals surface area contributed by atoms with Crippen LogP contribution in [0.5, 0.6) is 0 Å². The van der Waals surface area contributed by atoms with Crippen LogP contribution in [0.25, 0.3) is 0 Å². The van der Waals surface area contributed by atoms with Gasteiger partial charge in [0.2, 0.25) is 5.91 Å². The van der Waals surface area contributed by atoms with Gasteiger partial charge in [0.15, 0.2) is 0 Å². The first-order valence-electron chi connectivity index (χ1n) is 8.90. The van der Waals surface area contributed by atoms with E-state index in [0.29, 0.717) is 17.9 Å². The van der Waals surface area contributed by atoms with Gasteiger partial charge in [-0.25, -0.2) is 4.79 Å². The predicted molar refractivity (Wildman–Crippen MR) is 103 cm³/mol. The van der Waals surface area contributed by atoms with E-state index in [-0.39, 0.29) is 18.4 Å². The minimum absolute atomic E-state index is 0.138. The molecule has 0 radical (unpaired) electrons. The molecular weight excluding hydrogens is 366 g/mol. The number of amides is 1. The molecule has 0 spiro atoms. The van der Waals surface area contributed by atoms with E-state index in [2.05, 4.69) is 11.4 Å². The lowest BCUT2D eigenvalue weighted by Gasteiger charge is -2.27. The number of nitriles is 1. The molecule has 1 aliphatic carbocycles. The Balaban J connectivity index is 2.30. The van der Waals surface area contributed by atoms with Crippen molar-refractivity contribution >= 4 is 29.2 Å². The average Bonchev–Trinajstić information content (AvgIpc) is 3.03. The molecule has 2 unspecified atom stereocenters. The number of hydrogen-bond acceptors (Lipinski definition) is 5. The molecule has 144 valence electrons. The highest BCUT2D eigenvalue weighted by atomic mass is 35.5. The summed E-state index contributed by atoms with van der Waals surface area (Å²) in [5.41, 5.74) is 0.880. The van der Waals surface area contributed by atoms with Crippen LogP contribution in [-0.4, -0.2) is 30.7 Å². The van der Waals surface area contributed by atoms with Gasteiger partial charge in [0.05, 0.1) is 24.6 Å². The number of carbonyl (C=O) groups is 2. The van der Waals surface area contributed by atoms with E-state index in [1.54, 1.807) is 0 Å². The molecule has 6 nitrogen and oxygen atoms in total. The summed E-state index contributed by atoms with van der Waals surface area (Å²) in [7, 11) is 1.27. The van der Waals surface area contributed by atoms with Crippen LogP contribution in [0.3, 0.4) is 0 Å². The van der Waals surface area contributed by atoms with E-state index in [4.69, 9.17) is 21.3 Å². The second kappa shape index (κ2) is 9.01. The molecule has 0 aromatic heterocycles. The minimum Gasteiger partial charge on any atom is -0.467 e. The Morgan fingerprint density at radius 1 is 1.41 bits per heavy atom. The maximum Gasteiger partial charge on any atom is 0.328 e. The van der Waals surface area contributed by atoms with Gasteiger partial charge in [-0.2, -0.15) is 5.26 Å². The van der Waals surface area contributed by atoms with Crippen molar-refractivity contribution in [1.82, 2.24) is 5.32 Å². The van der Waals surface area contributed by atoms with Gasteiger partial charge in [0.1, 0.15) is 6.04 Å². The number of nitrogens with one attached hydrogen (secondary N) is 1. The third kappa shape index (κ3) is 5.08. The van der Waals surface area contributed by atoms with Gasteiger partial charge >= 0.3 is 5.97 Å². The molecule has 0 bridgehead atoms. The van der Waals surface area contributed by atoms with Gasteiger partial charge in [0.25, 0.3) is 0 Å². The summed E-state index contributed by atoms with van der Waals surface area (Å²) in [6.07, 6.45) is 2.26. The highest BCUT2D eigenvalue weighted by Crippen LogP contribution is 2.41. The van der Waals surface area contributed by atoms with Crippen molar-refractivity contribution in [1.29, 1.82) is 5.26 Å². The second-order valence-corrected chi connectivity index (χ2v) is 7.27. The number of rotatable bonds is 6. The molecule has 1 N–H and O–H groups in total. The zero-order chi connectivity index (χ0) is 20.0. The minimum atomic E-state index is -0.887. The van der Waals surface area contributed by atoms with Gasteiger partial charge < -0.3 is 10.1 Å². The summed E-state index contributed by atoms with van der Waals surface area (Å²) in [4.78, 5) is 28.4. The van der Waals surface area contributed by atoms with Crippen LogP contribution in [0.4, 0.5) is 0 Å². The first-order valence-corrected chi connectivity index (χ1v) is 9.28. The maximum atomic E-state index is 12.1. The Hall–Kier alpha value is -2.39. The largest absolute Gasteiger partial charge is 0.467 e. The van der Waals surface area contributed by atoms with Crippen molar-refractivity contribution in [2.75, 3.05) is 7.11 Å².